The predicted molar refractivity (Wildman–Crippen MR) is 105 cm³/mol. The topological polar surface area (TPSA) is 87.0 Å². The summed E-state index contributed by atoms with van der Waals surface area (Å²) < 4.78 is 5.12. The molecule has 2 aliphatic rings. The van der Waals surface area contributed by atoms with Crippen molar-refractivity contribution in [3.8, 4) is 0 Å². The summed E-state index contributed by atoms with van der Waals surface area (Å²) in [6, 6.07) is 0. The number of fused-ring (bicyclic) bond motifs is 1. The van der Waals surface area contributed by atoms with Crippen LogP contribution in [0.15, 0.2) is 35.1 Å². The molecule has 0 spiro atoms. The Morgan fingerprint density at radius 3 is 2.67 bits per heavy atom. The van der Waals surface area contributed by atoms with Gasteiger partial charge in [0, 0.05) is 5.92 Å². The van der Waals surface area contributed by atoms with Crippen molar-refractivity contribution in [2.75, 3.05) is 13.2 Å². The van der Waals surface area contributed by atoms with Gasteiger partial charge in [0.1, 0.15) is 6.61 Å². The van der Waals surface area contributed by atoms with Gasteiger partial charge in [-0.1, -0.05) is 30.2 Å². The van der Waals surface area contributed by atoms with Crippen molar-refractivity contribution in [1.82, 2.24) is 0 Å². The number of carboxylic acid groups (broad SMARTS) is 1. The Hall–Kier alpha value is -1.59. The molecule has 5 heteroatoms. The van der Waals surface area contributed by atoms with Gasteiger partial charge in [0.05, 0.1) is 18.5 Å². The van der Waals surface area contributed by atoms with Crippen LogP contribution in [0.1, 0.15) is 52.9 Å². The van der Waals surface area contributed by atoms with Crippen LogP contribution in [0.25, 0.3) is 0 Å². The molecule has 5 atom stereocenters. The van der Waals surface area contributed by atoms with E-state index in [1.165, 1.54) is 11.1 Å². The standard InChI is InChI=1S/C22H34O5/c1-14(2)4-5-15(3)6-7-19(23)22-18-11-16(8-9-27-13-21(25)26)10-17(18)12-20(22)24/h4,7,10,15,17-18,20,22-24H,5-6,8-9,11-13H2,1-3H3,(H,25,26)/t15?,17-,18-,20+,22-/m1/s1. The summed E-state index contributed by atoms with van der Waals surface area (Å²) in [6.45, 7) is 6.48. The lowest BCUT2D eigenvalue weighted by molar-refractivity contribution is -0.142. The number of carboxylic acids is 1. The molecule has 3 N–H and O–H groups in total. The number of carbonyl (C=O) groups is 1. The van der Waals surface area contributed by atoms with Gasteiger partial charge in [-0.05, 0) is 69.8 Å². The Labute approximate surface area is 162 Å². The van der Waals surface area contributed by atoms with Crippen LogP contribution in [0.2, 0.25) is 0 Å². The normalized spacial score (nSPS) is 28.6. The molecule has 0 radical (unpaired) electrons. The van der Waals surface area contributed by atoms with Crippen LogP contribution in [0.5, 0.6) is 0 Å². The minimum Gasteiger partial charge on any atom is -0.512 e. The molecule has 0 aliphatic heterocycles. The molecular weight excluding hydrogens is 344 g/mol. The van der Waals surface area contributed by atoms with E-state index >= 15 is 0 Å². The van der Waals surface area contributed by atoms with Gasteiger partial charge >= 0.3 is 5.97 Å². The zero-order valence-corrected chi connectivity index (χ0v) is 16.7. The first kappa shape index (κ1) is 21.7. The number of hydrogen-bond donors (Lipinski definition) is 3. The van der Waals surface area contributed by atoms with Gasteiger partial charge in [-0.2, -0.15) is 0 Å². The molecule has 0 saturated heterocycles. The van der Waals surface area contributed by atoms with Gasteiger partial charge in [0.15, 0.2) is 0 Å². The van der Waals surface area contributed by atoms with Crippen LogP contribution in [0.4, 0.5) is 0 Å². The molecule has 2 aliphatic carbocycles. The second-order valence-electron chi connectivity index (χ2n) is 8.37. The highest BCUT2D eigenvalue weighted by Gasteiger charge is 2.46. The second-order valence-corrected chi connectivity index (χ2v) is 8.37. The third-order valence-corrected chi connectivity index (χ3v) is 5.68. The van der Waals surface area contributed by atoms with Gasteiger partial charge < -0.3 is 20.1 Å². The molecule has 0 heterocycles. The first-order valence-corrected chi connectivity index (χ1v) is 9.97. The molecule has 152 valence electrons. The molecule has 2 rings (SSSR count). The summed E-state index contributed by atoms with van der Waals surface area (Å²) in [7, 11) is 0. The quantitative estimate of drug-likeness (QED) is 0.301. The zero-order valence-electron chi connectivity index (χ0n) is 16.7. The van der Waals surface area contributed by atoms with Crippen LogP contribution in [-0.4, -0.2) is 40.6 Å². The number of aliphatic hydroxyl groups is 2. The van der Waals surface area contributed by atoms with Crippen molar-refractivity contribution >= 4 is 5.97 Å². The van der Waals surface area contributed by atoms with Crippen molar-refractivity contribution in [1.29, 1.82) is 0 Å². The predicted octanol–water partition coefficient (Wildman–Crippen LogP) is 4.25. The SMILES string of the molecule is CC(C)=CCC(C)CC=C(O)[C@H]1[C@@H]2CC(CCOCC(=O)O)=C[C@@H]2C[C@@H]1O. The average Bonchev–Trinajstić information content (AvgIpc) is 3.10. The highest BCUT2D eigenvalue weighted by atomic mass is 16.5. The Balaban J connectivity index is 1.87. The fraction of sp³-hybridized carbons (Fsp3) is 0.682. The van der Waals surface area contributed by atoms with E-state index in [1.54, 1.807) is 0 Å². The van der Waals surface area contributed by atoms with E-state index in [0.29, 0.717) is 31.1 Å². The second kappa shape index (κ2) is 10.1. The van der Waals surface area contributed by atoms with Crippen molar-refractivity contribution < 1.29 is 24.9 Å². The number of aliphatic carboxylic acids is 1. The van der Waals surface area contributed by atoms with Crippen molar-refractivity contribution in [3.05, 3.63) is 35.1 Å². The van der Waals surface area contributed by atoms with Crippen molar-refractivity contribution in [2.45, 2.75) is 59.0 Å². The van der Waals surface area contributed by atoms with E-state index in [9.17, 15) is 15.0 Å². The first-order valence-electron chi connectivity index (χ1n) is 9.97. The first-order chi connectivity index (χ1) is 12.8. The van der Waals surface area contributed by atoms with Crippen LogP contribution >= 0.6 is 0 Å². The maximum atomic E-state index is 10.6. The summed E-state index contributed by atoms with van der Waals surface area (Å²) in [5, 5.41) is 29.7. The van der Waals surface area contributed by atoms with Crippen LogP contribution in [0, 0.1) is 23.7 Å². The molecule has 0 aromatic carbocycles. The summed E-state index contributed by atoms with van der Waals surface area (Å²) in [5.41, 5.74) is 2.55. The van der Waals surface area contributed by atoms with E-state index < -0.39 is 12.1 Å². The van der Waals surface area contributed by atoms with Gasteiger partial charge in [-0.15, -0.1) is 0 Å². The molecule has 1 saturated carbocycles. The molecule has 5 nitrogen and oxygen atoms in total. The molecular formula is C22H34O5. The van der Waals surface area contributed by atoms with E-state index in [0.717, 1.165) is 19.3 Å². The Morgan fingerprint density at radius 1 is 1.30 bits per heavy atom. The summed E-state index contributed by atoms with van der Waals surface area (Å²) in [5.74, 6) is 0.163. The van der Waals surface area contributed by atoms with E-state index in [1.807, 2.05) is 6.08 Å². The monoisotopic (exact) mass is 378 g/mol. The molecule has 0 bridgehead atoms. The number of allylic oxidation sites excluding steroid dienone is 4. The van der Waals surface area contributed by atoms with Gasteiger partial charge in [0.2, 0.25) is 0 Å². The van der Waals surface area contributed by atoms with Crippen molar-refractivity contribution in [2.24, 2.45) is 23.7 Å². The summed E-state index contributed by atoms with van der Waals surface area (Å²) in [4.78, 5) is 10.5. The lowest BCUT2D eigenvalue weighted by atomic mass is 9.87. The van der Waals surface area contributed by atoms with Crippen LogP contribution in [-0.2, 0) is 9.53 Å². The third kappa shape index (κ3) is 6.51. The smallest absolute Gasteiger partial charge is 0.329 e. The van der Waals surface area contributed by atoms with E-state index in [2.05, 4.69) is 32.9 Å². The lowest BCUT2D eigenvalue weighted by Crippen LogP contribution is -2.22. The minimum atomic E-state index is -0.954. The fourth-order valence-corrected chi connectivity index (χ4v) is 4.25. The number of aliphatic hydroxyl groups excluding tert-OH is 2. The summed E-state index contributed by atoms with van der Waals surface area (Å²) >= 11 is 0. The highest BCUT2D eigenvalue weighted by molar-refractivity contribution is 5.67. The van der Waals surface area contributed by atoms with Crippen LogP contribution in [0.3, 0.4) is 0 Å². The van der Waals surface area contributed by atoms with Crippen molar-refractivity contribution in [3.63, 3.8) is 0 Å². The molecule has 27 heavy (non-hydrogen) atoms. The summed E-state index contributed by atoms with van der Waals surface area (Å²) in [6.07, 6.45) is 9.85. The Bertz CT molecular complexity index is 600. The Kier molecular flexibility index (Phi) is 8.11. The molecule has 0 aromatic rings. The average molecular weight is 379 g/mol. The fourth-order valence-electron chi connectivity index (χ4n) is 4.25. The lowest BCUT2D eigenvalue weighted by Gasteiger charge is -2.21. The Morgan fingerprint density at radius 2 is 2.00 bits per heavy atom. The van der Waals surface area contributed by atoms with E-state index in [-0.39, 0.29) is 24.4 Å². The molecule has 0 amide bonds. The zero-order chi connectivity index (χ0) is 20.0. The molecule has 0 aromatic heterocycles. The number of hydrogen-bond acceptors (Lipinski definition) is 4. The van der Waals surface area contributed by atoms with Gasteiger partial charge in [-0.3, -0.25) is 0 Å². The van der Waals surface area contributed by atoms with Gasteiger partial charge in [-0.25, -0.2) is 4.79 Å². The number of ether oxygens (including phenoxy) is 1. The van der Waals surface area contributed by atoms with Crippen LogP contribution < -0.4 is 0 Å². The minimum absolute atomic E-state index is 0.195. The number of rotatable bonds is 10. The maximum absolute atomic E-state index is 10.6. The maximum Gasteiger partial charge on any atom is 0.329 e. The molecule has 1 fully saturated rings. The highest BCUT2D eigenvalue weighted by Crippen LogP contribution is 2.49. The van der Waals surface area contributed by atoms with E-state index in [4.69, 9.17) is 9.84 Å². The third-order valence-electron chi connectivity index (χ3n) is 5.68. The molecule has 1 unspecified atom stereocenters. The largest absolute Gasteiger partial charge is 0.512 e. The van der Waals surface area contributed by atoms with Gasteiger partial charge in [0.25, 0.3) is 0 Å².